The van der Waals surface area contributed by atoms with Gasteiger partial charge < -0.3 is 10.1 Å². The fourth-order valence-electron chi connectivity index (χ4n) is 2.93. The van der Waals surface area contributed by atoms with Crippen LogP contribution in [0.15, 0.2) is 66.7 Å². The molecule has 1 atom stereocenters. The Morgan fingerprint density at radius 1 is 1.00 bits per heavy atom. The molecule has 0 heterocycles. The summed E-state index contributed by atoms with van der Waals surface area (Å²) in [6.07, 6.45) is 0.365. The van der Waals surface area contributed by atoms with Crippen LogP contribution in [0.25, 0.3) is 10.8 Å². The summed E-state index contributed by atoms with van der Waals surface area (Å²) in [5.41, 5.74) is 1.99. The van der Waals surface area contributed by atoms with Gasteiger partial charge in [0.25, 0.3) is 0 Å². The number of rotatable bonds is 5. The van der Waals surface area contributed by atoms with E-state index in [4.69, 9.17) is 4.74 Å². The van der Waals surface area contributed by atoms with Crippen molar-refractivity contribution in [1.29, 1.82) is 0 Å². The minimum absolute atomic E-state index is 0.00341. The number of carbonyl (C=O) groups excluding carboxylic acids is 1. The number of methoxy groups -OCH3 is 1. The predicted octanol–water partition coefficient (Wildman–Crippen LogP) is 4.27. The minimum Gasteiger partial charge on any atom is -0.496 e. The van der Waals surface area contributed by atoms with E-state index in [2.05, 4.69) is 29.6 Å². The molecule has 0 spiro atoms. The summed E-state index contributed by atoms with van der Waals surface area (Å²) >= 11 is 0. The second kappa shape index (κ2) is 7.18. The van der Waals surface area contributed by atoms with Crippen LogP contribution >= 0.6 is 0 Å². The number of amides is 1. The summed E-state index contributed by atoms with van der Waals surface area (Å²) in [4.78, 5) is 12.4. The Bertz CT molecular complexity index is 857. The predicted molar refractivity (Wildman–Crippen MR) is 97.2 cm³/mol. The van der Waals surface area contributed by atoms with Crippen LogP contribution in [0.1, 0.15) is 24.1 Å². The molecule has 1 amide bonds. The third-order valence-corrected chi connectivity index (χ3v) is 4.16. The molecule has 0 saturated carbocycles. The molecule has 3 rings (SSSR count). The first kappa shape index (κ1) is 16.1. The first-order valence-corrected chi connectivity index (χ1v) is 8.07. The number of carbonyl (C=O) groups is 1. The van der Waals surface area contributed by atoms with Crippen molar-refractivity contribution in [1.82, 2.24) is 5.32 Å². The molecule has 0 aliphatic carbocycles. The number of benzene rings is 3. The molecule has 0 unspecified atom stereocenters. The molecule has 0 aliphatic rings. The van der Waals surface area contributed by atoms with Crippen LogP contribution in [0.5, 0.6) is 5.75 Å². The first-order chi connectivity index (χ1) is 11.7. The van der Waals surface area contributed by atoms with Crippen LogP contribution in [0.3, 0.4) is 0 Å². The maximum Gasteiger partial charge on any atom is 0.224 e. The Kier molecular flexibility index (Phi) is 4.80. The topological polar surface area (TPSA) is 38.3 Å². The van der Waals surface area contributed by atoms with E-state index in [9.17, 15) is 4.79 Å². The van der Waals surface area contributed by atoms with Crippen LogP contribution in [-0.2, 0) is 11.2 Å². The summed E-state index contributed by atoms with van der Waals surface area (Å²) in [7, 11) is 1.64. The molecule has 3 nitrogen and oxygen atoms in total. The van der Waals surface area contributed by atoms with Crippen molar-refractivity contribution in [2.24, 2.45) is 0 Å². The Morgan fingerprint density at radius 2 is 1.71 bits per heavy atom. The van der Waals surface area contributed by atoms with E-state index in [0.717, 1.165) is 22.3 Å². The lowest BCUT2D eigenvalue weighted by molar-refractivity contribution is -0.121. The van der Waals surface area contributed by atoms with Crippen molar-refractivity contribution < 1.29 is 9.53 Å². The normalized spacial score (nSPS) is 11.9. The van der Waals surface area contributed by atoms with Gasteiger partial charge in [0, 0.05) is 5.56 Å². The molecule has 1 N–H and O–H groups in total. The van der Waals surface area contributed by atoms with Crippen molar-refractivity contribution in [3.05, 3.63) is 77.9 Å². The molecular weight excluding hydrogens is 298 g/mol. The number of hydrogen-bond donors (Lipinski definition) is 1. The third-order valence-electron chi connectivity index (χ3n) is 4.16. The lowest BCUT2D eigenvalue weighted by Gasteiger charge is -2.17. The highest BCUT2D eigenvalue weighted by Crippen LogP contribution is 2.24. The Labute approximate surface area is 142 Å². The van der Waals surface area contributed by atoms with Gasteiger partial charge in [-0.25, -0.2) is 0 Å². The average molecular weight is 319 g/mol. The van der Waals surface area contributed by atoms with Gasteiger partial charge in [-0.1, -0.05) is 60.7 Å². The maximum atomic E-state index is 12.4. The van der Waals surface area contributed by atoms with E-state index in [1.165, 1.54) is 5.39 Å². The van der Waals surface area contributed by atoms with Gasteiger partial charge in [-0.2, -0.15) is 0 Å². The van der Waals surface area contributed by atoms with E-state index in [1.807, 2.05) is 49.4 Å². The highest BCUT2D eigenvalue weighted by Gasteiger charge is 2.14. The SMILES string of the molecule is COc1ccccc1[C@@H](C)NC(=O)Cc1ccc2ccccc2c1. The van der Waals surface area contributed by atoms with Gasteiger partial charge in [-0.15, -0.1) is 0 Å². The van der Waals surface area contributed by atoms with Crippen LogP contribution in [0.2, 0.25) is 0 Å². The van der Waals surface area contributed by atoms with Crippen molar-refractivity contribution in [2.45, 2.75) is 19.4 Å². The summed E-state index contributed by atoms with van der Waals surface area (Å²) in [6.45, 7) is 1.97. The molecular formula is C21H21NO2. The van der Waals surface area contributed by atoms with Crippen molar-refractivity contribution in [3.63, 3.8) is 0 Å². The minimum atomic E-state index is -0.103. The van der Waals surface area contributed by atoms with Crippen molar-refractivity contribution >= 4 is 16.7 Å². The lowest BCUT2D eigenvalue weighted by atomic mass is 10.0. The number of hydrogen-bond acceptors (Lipinski definition) is 2. The third kappa shape index (κ3) is 3.57. The second-order valence-corrected chi connectivity index (χ2v) is 5.89. The van der Waals surface area contributed by atoms with E-state index >= 15 is 0 Å². The Morgan fingerprint density at radius 3 is 2.50 bits per heavy atom. The molecule has 122 valence electrons. The second-order valence-electron chi connectivity index (χ2n) is 5.89. The molecule has 0 radical (unpaired) electrons. The summed E-state index contributed by atoms with van der Waals surface area (Å²) in [5.74, 6) is 0.791. The molecule has 0 saturated heterocycles. The average Bonchev–Trinajstić information content (AvgIpc) is 2.61. The van der Waals surface area contributed by atoms with E-state index in [-0.39, 0.29) is 11.9 Å². The standard InChI is InChI=1S/C21H21NO2/c1-15(19-9-5-6-10-20(19)24-2)22-21(23)14-16-11-12-17-7-3-4-8-18(17)13-16/h3-13,15H,14H2,1-2H3,(H,22,23)/t15-/m1/s1. The zero-order valence-electron chi connectivity index (χ0n) is 14.0. The fraction of sp³-hybridized carbons (Fsp3) is 0.190. The van der Waals surface area contributed by atoms with Gasteiger partial charge in [0.2, 0.25) is 5.91 Å². The largest absolute Gasteiger partial charge is 0.496 e. The molecule has 0 aromatic heterocycles. The Balaban J connectivity index is 1.70. The van der Waals surface area contributed by atoms with Crippen LogP contribution in [0, 0.1) is 0 Å². The zero-order chi connectivity index (χ0) is 16.9. The summed E-state index contributed by atoms with van der Waals surface area (Å²) in [5, 5.41) is 5.39. The number of ether oxygens (including phenoxy) is 1. The van der Waals surface area contributed by atoms with Crippen LogP contribution in [0.4, 0.5) is 0 Å². The zero-order valence-corrected chi connectivity index (χ0v) is 14.0. The lowest BCUT2D eigenvalue weighted by Crippen LogP contribution is -2.28. The molecule has 0 fully saturated rings. The molecule has 3 aromatic rings. The van der Waals surface area contributed by atoms with E-state index in [1.54, 1.807) is 7.11 Å². The highest BCUT2D eigenvalue weighted by molar-refractivity contribution is 5.85. The quantitative estimate of drug-likeness (QED) is 0.763. The van der Waals surface area contributed by atoms with Crippen LogP contribution < -0.4 is 10.1 Å². The number of fused-ring (bicyclic) bond motifs is 1. The monoisotopic (exact) mass is 319 g/mol. The molecule has 3 aromatic carbocycles. The van der Waals surface area contributed by atoms with Gasteiger partial charge >= 0.3 is 0 Å². The summed E-state index contributed by atoms with van der Waals surface area (Å²) < 4.78 is 5.36. The number of nitrogens with one attached hydrogen (secondary N) is 1. The highest BCUT2D eigenvalue weighted by atomic mass is 16.5. The molecule has 0 bridgehead atoms. The molecule has 0 aliphatic heterocycles. The van der Waals surface area contributed by atoms with Gasteiger partial charge in [0.1, 0.15) is 5.75 Å². The van der Waals surface area contributed by atoms with Gasteiger partial charge in [0.05, 0.1) is 19.6 Å². The smallest absolute Gasteiger partial charge is 0.224 e. The summed E-state index contributed by atoms with van der Waals surface area (Å²) in [6, 6.07) is 21.9. The van der Waals surface area contributed by atoms with Gasteiger partial charge in [-0.3, -0.25) is 4.79 Å². The van der Waals surface area contributed by atoms with E-state index in [0.29, 0.717) is 6.42 Å². The molecule has 3 heteroatoms. The molecule has 24 heavy (non-hydrogen) atoms. The van der Waals surface area contributed by atoms with Crippen LogP contribution in [-0.4, -0.2) is 13.0 Å². The fourth-order valence-corrected chi connectivity index (χ4v) is 2.93. The van der Waals surface area contributed by atoms with Gasteiger partial charge in [-0.05, 0) is 29.3 Å². The van der Waals surface area contributed by atoms with Gasteiger partial charge in [0.15, 0.2) is 0 Å². The van der Waals surface area contributed by atoms with Crippen molar-refractivity contribution in [2.75, 3.05) is 7.11 Å². The maximum absolute atomic E-state index is 12.4. The number of para-hydroxylation sites is 1. The Hall–Kier alpha value is -2.81. The van der Waals surface area contributed by atoms with Crippen molar-refractivity contribution in [3.8, 4) is 5.75 Å². The first-order valence-electron chi connectivity index (χ1n) is 8.07. The van der Waals surface area contributed by atoms with E-state index < -0.39 is 0 Å².